The van der Waals surface area contributed by atoms with E-state index in [9.17, 15) is 0 Å². The zero-order chi connectivity index (χ0) is 32.4. The molecule has 0 N–H and O–H groups in total. The fraction of sp³-hybridized carbons (Fsp3) is 0.111. The van der Waals surface area contributed by atoms with Crippen LogP contribution in [0.5, 0.6) is 0 Å². The summed E-state index contributed by atoms with van der Waals surface area (Å²) in [6.07, 6.45) is 0.801. The van der Waals surface area contributed by atoms with Gasteiger partial charge in [0.05, 0.1) is 11.4 Å². The second-order valence-electron chi connectivity index (χ2n) is 13.2. The lowest BCUT2D eigenvalue weighted by atomic mass is 9.78. The molecule has 3 nitrogen and oxygen atoms in total. The molecule has 0 fully saturated rings. The molecule has 48 heavy (non-hydrogen) atoms. The third-order valence-electron chi connectivity index (χ3n) is 10.0. The Morgan fingerprint density at radius 2 is 1.19 bits per heavy atom. The van der Waals surface area contributed by atoms with E-state index < -0.39 is 0 Å². The van der Waals surface area contributed by atoms with Gasteiger partial charge in [-0.2, -0.15) is 0 Å². The maximum Gasteiger partial charge on any atom is 0.160 e. The minimum atomic E-state index is -0.213. The topological polar surface area (TPSA) is 38.9 Å². The number of furan rings is 1. The van der Waals surface area contributed by atoms with Crippen LogP contribution < -0.4 is 0 Å². The van der Waals surface area contributed by atoms with Gasteiger partial charge in [-0.05, 0) is 52.4 Å². The Hall–Kier alpha value is -5.80. The van der Waals surface area contributed by atoms with Gasteiger partial charge in [0, 0.05) is 44.0 Å². The van der Waals surface area contributed by atoms with Crippen molar-refractivity contribution in [2.75, 3.05) is 0 Å². The SMILES string of the molecule is CCc1c(-c2ccccc2)nc(-c2ccccc2)nc1-c1cccc(-c2c3c(cc4c2oc2ccccc24)-c2ccccc2C3(C)C)c1. The maximum absolute atomic E-state index is 6.77. The molecule has 8 aromatic rings. The first-order valence-electron chi connectivity index (χ1n) is 16.7. The molecule has 2 heterocycles. The molecule has 1 aliphatic rings. The summed E-state index contributed by atoms with van der Waals surface area (Å²) in [6, 6.07) is 49.3. The van der Waals surface area contributed by atoms with Crippen LogP contribution in [0.15, 0.2) is 144 Å². The Labute approximate surface area is 280 Å². The highest BCUT2D eigenvalue weighted by molar-refractivity contribution is 6.14. The summed E-state index contributed by atoms with van der Waals surface area (Å²) in [7, 11) is 0. The average molecular weight is 619 g/mol. The zero-order valence-corrected chi connectivity index (χ0v) is 27.3. The molecule has 2 aromatic heterocycles. The molecule has 9 rings (SSSR count). The Morgan fingerprint density at radius 1 is 0.562 bits per heavy atom. The molecule has 1 aliphatic carbocycles. The molecular formula is C45H34N2O. The van der Waals surface area contributed by atoms with Crippen LogP contribution in [0.25, 0.3) is 78.1 Å². The van der Waals surface area contributed by atoms with Crippen molar-refractivity contribution in [3.8, 4) is 56.2 Å². The summed E-state index contributed by atoms with van der Waals surface area (Å²) < 4.78 is 6.77. The molecule has 0 unspecified atom stereocenters. The minimum Gasteiger partial charge on any atom is -0.455 e. The van der Waals surface area contributed by atoms with E-state index in [0.717, 1.165) is 79.0 Å². The van der Waals surface area contributed by atoms with E-state index in [1.807, 2.05) is 24.3 Å². The summed E-state index contributed by atoms with van der Waals surface area (Å²) in [6.45, 7) is 6.89. The van der Waals surface area contributed by atoms with Gasteiger partial charge in [0.2, 0.25) is 0 Å². The molecule has 0 saturated heterocycles. The predicted molar refractivity (Wildman–Crippen MR) is 198 cm³/mol. The van der Waals surface area contributed by atoms with Crippen molar-refractivity contribution in [1.29, 1.82) is 0 Å². The number of rotatable bonds is 5. The van der Waals surface area contributed by atoms with E-state index in [1.165, 1.54) is 22.3 Å². The molecule has 0 saturated carbocycles. The van der Waals surface area contributed by atoms with Crippen LogP contribution in [0, 0.1) is 0 Å². The molecule has 0 spiro atoms. The van der Waals surface area contributed by atoms with Crippen molar-refractivity contribution < 1.29 is 4.42 Å². The van der Waals surface area contributed by atoms with Crippen molar-refractivity contribution in [3.05, 3.63) is 156 Å². The Bertz CT molecular complexity index is 2510. The highest BCUT2D eigenvalue weighted by Crippen LogP contribution is 2.55. The molecule has 0 atom stereocenters. The van der Waals surface area contributed by atoms with E-state index in [-0.39, 0.29) is 5.41 Å². The van der Waals surface area contributed by atoms with Gasteiger partial charge in [-0.15, -0.1) is 0 Å². The van der Waals surface area contributed by atoms with E-state index in [2.05, 4.69) is 136 Å². The number of nitrogens with zero attached hydrogens (tertiary/aromatic N) is 2. The quantitative estimate of drug-likeness (QED) is 0.193. The summed E-state index contributed by atoms with van der Waals surface area (Å²) in [4.78, 5) is 10.5. The van der Waals surface area contributed by atoms with Gasteiger partial charge in [0.15, 0.2) is 5.82 Å². The largest absolute Gasteiger partial charge is 0.455 e. The van der Waals surface area contributed by atoms with Crippen LogP contribution in [-0.4, -0.2) is 9.97 Å². The van der Waals surface area contributed by atoms with E-state index >= 15 is 0 Å². The molecule has 6 aromatic carbocycles. The van der Waals surface area contributed by atoms with Crippen molar-refractivity contribution in [1.82, 2.24) is 9.97 Å². The van der Waals surface area contributed by atoms with Gasteiger partial charge < -0.3 is 4.42 Å². The van der Waals surface area contributed by atoms with Crippen molar-refractivity contribution >= 4 is 21.9 Å². The first kappa shape index (κ1) is 28.4. The maximum atomic E-state index is 6.77. The number of benzene rings is 6. The molecule has 230 valence electrons. The molecule has 0 amide bonds. The molecule has 3 heteroatoms. The smallest absolute Gasteiger partial charge is 0.160 e. The summed E-state index contributed by atoms with van der Waals surface area (Å²) in [5, 5.41) is 2.28. The average Bonchev–Trinajstić information content (AvgIpc) is 3.63. The van der Waals surface area contributed by atoms with Crippen LogP contribution >= 0.6 is 0 Å². The van der Waals surface area contributed by atoms with Crippen LogP contribution in [0.3, 0.4) is 0 Å². The van der Waals surface area contributed by atoms with Gasteiger partial charge in [-0.1, -0.05) is 142 Å². The highest BCUT2D eigenvalue weighted by atomic mass is 16.3. The number of hydrogen-bond acceptors (Lipinski definition) is 3. The molecule has 0 aliphatic heterocycles. The number of fused-ring (bicyclic) bond motifs is 6. The second kappa shape index (κ2) is 10.9. The van der Waals surface area contributed by atoms with Gasteiger partial charge in [0.25, 0.3) is 0 Å². The monoisotopic (exact) mass is 618 g/mol. The van der Waals surface area contributed by atoms with Crippen LogP contribution in [-0.2, 0) is 11.8 Å². The Kier molecular flexibility index (Phi) is 6.45. The number of aromatic nitrogens is 2. The van der Waals surface area contributed by atoms with E-state index in [1.54, 1.807) is 0 Å². The normalized spacial score (nSPS) is 13.1. The number of para-hydroxylation sites is 1. The Balaban J connectivity index is 1.34. The van der Waals surface area contributed by atoms with Gasteiger partial charge in [-0.3, -0.25) is 0 Å². The molecule has 0 radical (unpaired) electrons. The minimum absolute atomic E-state index is 0.213. The Morgan fingerprint density at radius 3 is 1.96 bits per heavy atom. The van der Waals surface area contributed by atoms with Crippen LogP contribution in [0.1, 0.15) is 37.5 Å². The summed E-state index contributed by atoms with van der Waals surface area (Å²) in [5.74, 6) is 0.726. The molecular weight excluding hydrogens is 585 g/mol. The van der Waals surface area contributed by atoms with Gasteiger partial charge in [0.1, 0.15) is 11.2 Å². The highest BCUT2D eigenvalue weighted by Gasteiger charge is 2.39. The van der Waals surface area contributed by atoms with Crippen molar-refractivity contribution in [2.45, 2.75) is 32.6 Å². The van der Waals surface area contributed by atoms with Crippen molar-refractivity contribution in [2.24, 2.45) is 0 Å². The van der Waals surface area contributed by atoms with Gasteiger partial charge >= 0.3 is 0 Å². The summed E-state index contributed by atoms with van der Waals surface area (Å²) in [5.41, 5.74) is 15.4. The third kappa shape index (κ3) is 4.28. The van der Waals surface area contributed by atoms with Crippen LogP contribution in [0.2, 0.25) is 0 Å². The lowest BCUT2D eigenvalue weighted by Gasteiger charge is -2.25. The zero-order valence-electron chi connectivity index (χ0n) is 27.3. The lowest BCUT2D eigenvalue weighted by molar-refractivity contribution is 0.650. The lowest BCUT2D eigenvalue weighted by Crippen LogP contribution is -2.16. The first-order valence-corrected chi connectivity index (χ1v) is 16.7. The van der Waals surface area contributed by atoms with E-state index in [4.69, 9.17) is 14.4 Å². The van der Waals surface area contributed by atoms with Crippen LogP contribution in [0.4, 0.5) is 0 Å². The van der Waals surface area contributed by atoms with E-state index in [0.29, 0.717) is 0 Å². The van der Waals surface area contributed by atoms with Crippen molar-refractivity contribution in [3.63, 3.8) is 0 Å². The standard InChI is InChI=1S/C45H34N2O/c1-4-32-41(28-16-7-5-8-17-28)46-44(29-18-9-6-10-19-29)47-42(32)31-21-15-20-30(26-31)39-40-35(33-22-11-13-24-37(33)45(40,2)3)27-36-34-23-12-14-25-38(34)48-43(36)39/h5-27H,4H2,1-3H3. The third-order valence-corrected chi connectivity index (χ3v) is 10.0. The number of hydrogen-bond donors (Lipinski definition) is 0. The van der Waals surface area contributed by atoms with Gasteiger partial charge in [-0.25, -0.2) is 9.97 Å². The second-order valence-corrected chi connectivity index (χ2v) is 13.2. The summed E-state index contributed by atoms with van der Waals surface area (Å²) >= 11 is 0. The molecule has 0 bridgehead atoms. The predicted octanol–water partition coefficient (Wildman–Crippen LogP) is 11.9. The fourth-order valence-corrected chi connectivity index (χ4v) is 7.82. The first-order chi connectivity index (χ1) is 23.5. The fourth-order valence-electron chi connectivity index (χ4n) is 7.82.